The van der Waals surface area contributed by atoms with E-state index in [0.29, 0.717) is 6.42 Å². The minimum Gasteiger partial charge on any atom is -0.466 e. The molecule has 0 N–H and O–H groups in total. The Bertz CT molecular complexity index is 135. The van der Waals surface area contributed by atoms with E-state index in [1.165, 1.54) is 7.11 Å². The van der Waals surface area contributed by atoms with Crippen LogP contribution in [0.25, 0.3) is 0 Å². The molecule has 4 nitrogen and oxygen atoms in total. The highest BCUT2D eigenvalue weighted by atomic mass is 16.7. The zero-order valence-corrected chi connectivity index (χ0v) is 4.96. The van der Waals surface area contributed by atoms with Crippen LogP contribution in [0.2, 0.25) is 0 Å². The van der Waals surface area contributed by atoms with Crippen molar-refractivity contribution in [2.75, 3.05) is 7.11 Å². The van der Waals surface area contributed by atoms with E-state index in [9.17, 15) is 4.79 Å². The van der Waals surface area contributed by atoms with Crippen LogP contribution in [0.4, 0.5) is 0 Å². The predicted octanol–water partition coefficient (Wildman–Crippen LogP) is -0.189. The van der Waals surface area contributed by atoms with E-state index < -0.39 is 12.1 Å². The maximum absolute atomic E-state index is 10.6. The van der Waals surface area contributed by atoms with E-state index in [1.54, 1.807) is 0 Å². The lowest BCUT2D eigenvalue weighted by Crippen LogP contribution is -2.20. The quantitative estimate of drug-likeness (QED) is 0.460. The number of methoxy groups -OCH3 is 1. The van der Waals surface area contributed by atoms with Gasteiger partial charge >= 0.3 is 5.97 Å². The van der Waals surface area contributed by atoms with Crippen LogP contribution in [0, 0.1) is 0 Å². The molecule has 1 unspecified atom stereocenters. The van der Waals surface area contributed by atoms with Gasteiger partial charge in [-0.2, -0.15) is 0 Å². The summed E-state index contributed by atoms with van der Waals surface area (Å²) in [6, 6.07) is 0. The van der Waals surface area contributed by atoms with Crippen LogP contribution in [-0.4, -0.2) is 25.4 Å². The molecule has 0 aromatic carbocycles. The Balaban J connectivity index is 2.36. The van der Waals surface area contributed by atoms with Crippen LogP contribution < -0.4 is 0 Å². The monoisotopic (exact) mass is 128 g/mol. The lowest BCUT2D eigenvalue weighted by atomic mass is 10.3. The van der Waals surface area contributed by atoms with Crippen molar-refractivity contribution in [1.29, 1.82) is 0 Å². The first-order valence-electron chi connectivity index (χ1n) is 2.51. The Morgan fingerprint density at radius 1 is 2.00 bits per heavy atom. The highest BCUT2D eigenvalue weighted by Gasteiger charge is 2.23. The number of hydrogen-bond acceptors (Lipinski definition) is 4. The summed E-state index contributed by atoms with van der Waals surface area (Å²) in [5.74, 6) is -0.399. The fourth-order valence-electron chi connectivity index (χ4n) is 0.516. The second-order valence-electron chi connectivity index (χ2n) is 1.57. The fourth-order valence-corrected chi connectivity index (χ4v) is 0.516. The molecular formula is C5H6NO3. The number of ether oxygens (including phenoxy) is 1. The average molecular weight is 128 g/mol. The van der Waals surface area contributed by atoms with Crippen LogP contribution in [0.15, 0.2) is 5.16 Å². The molecule has 1 aliphatic rings. The number of nitrogens with zero attached hydrogens (tertiary/aromatic N) is 1. The van der Waals surface area contributed by atoms with Crippen molar-refractivity contribution in [3.63, 3.8) is 0 Å². The van der Waals surface area contributed by atoms with E-state index in [0.717, 1.165) is 0 Å². The second kappa shape index (κ2) is 2.48. The number of carbonyl (C=O) groups is 1. The molecule has 1 atom stereocenters. The Hall–Kier alpha value is -1.06. The molecule has 0 aliphatic carbocycles. The lowest BCUT2D eigenvalue weighted by Gasteiger charge is -2.02. The molecule has 9 heavy (non-hydrogen) atoms. The molecule has 0 aromatic rings. The molecule has 0 spiro atoms. The maximum Gasteiger partial charge on any atom is 0.350 e. The Kier molecular flexibility index (Phi) is 1.67. The standard InChI is InChI=1S/C5H6NO3/c1-8-5(7)4-2-3-6-9-4/h4H,2H2,1H3. The van der Waals surface area contributed by atoms with Gasteiger partial charge in [-0.25, -0.2) is 4.79 Å². The number of hydrogen-bond donors (Lipinski definition) is 0. The smallest absolute Gasteiger partial charge is 0.350 e. The van der Waals surface area contributed by atoms with Gasteiger partial charge in [0.25, 0.3) is 0 Å². The van der Waals surface area contributed by atoms with Crippen LogP contribution >= 0.6 is 0 Å². The summed E-state index contributed by atoms with van der Waals surface area (Å²) in [6.45, 7) is 0. The van der Waals surface area contributed by atoms with Crippen molar-refractivity contribution in [3.8, 4) is 0 Å². The lowest BCUT2D eigenvalue weighted by molar-refractivity contribution is -0.152. The second-order valence-corrected chi connectivity index (χ2v) is 1.57. The topological polar surface area (TPSA) is 47.9 Å². The van der Waals surface area contributed by atoms with Crippen molar-refractivity contribution in [1.82, 2.24) is 0 Å². The Labute approximate surface area is 52.4 Å². The van der Waals surface area contributed by atoms with Gasteiger partial charge in [-0.1, -0.05) is 5.16 Å². The minimum atomic E-state index is -0.560. The normalized spacial score (nSPS) is 23.4. The predicted molar refractivity (Wildman–Crippen MR) is 28.9 cm³/mol. The maximum atomic E-state index is 10.6. The molecule has 0 fully saturated rings. The molecule has 0 aromatic heterocycles. The Morgan fingerprint density at radius 3 is 3.22 bits per heavy atom. The first-order chi connectivity index (χ1) is 4.34. The summed E-state index contributed by atoms with van der Waals surface area (Å²) >= 11 is 0. The molecule has 0 saturated carbocycles. The number of rotatable bonds is 1. The van der Waals surface area contributed by atoms with Gasteiger partial charge in [0.05, 0.1) is 7.11 Å². The van der Waals surface area contributed by atoms with Crippen molar-refractivity contribution in [3.05, 3.63) is 0 Å². The third-order valence-electron chi connectivity index (χ3n) is 0.985. The van der Waals surface area contributed by atoms with Gasteiger partial charge in [0.2, 0.25) is 6.10 Å². The summed E-state index contributed by atoms with van der Waals surface area (Å²) in [7, 11) is 1.31. The number of esters is 1. The summed E-state index contributed by atoms with van der Waals surface area (Å²) in [5, 5.41) is 3.28. The molecule has 1 aliphatic heterocycles. The van der Waals surface area contributed by atoms with Gasteiger partial charge in [-0.05, 0) is 0 Å². The van der Waals surface area contributed by atoms with Gasteiger partial charge < -0.3 is 9.57 Å². The molecule has 49 valence electrons. The third-order valence-corrected chi connectivity index (χ3v) is 0.985. The SMILES string of the molecule is COC(=O)C1C[C]=NO1. The van der Waals surface area contributed by atoms with Crippen LogP contribution in [-0.2, 0) is 14.4 Å². The molecular weight excluding hydrogens is 122 g/mol. The summed E-state index contributed by atoms with van der Waals surface area (Å²) in [5.41, 5.74) is 0. The van der Waals surface area contributed by atoms with E-state index in [4.69, 9.17) is 0 Å². The Morgan fingerprint density at radius 2 is 2.78 bits per heavy atom. The minimum absolute atomic E-state index is 0.396. The van der Waals surface area contributed by atoms with Gasteiger partial charge in [-0.3, -0.25) is 0 Å². The van der Waals surface area contributed by atoms with Crippen molar-refractivity contribution in [2.24, 2.45) is 5.16 Å². The van der Waals surface area contributed by atoms with Crippen LogP contribution in [0.1, 0.15) is 6.42 Å². The van der Waals surface area contributed by atoms with E-state index in [1.807, 2.05) is 0 Å². The van der Waals surface area contributed by atoms with Gasteiger partial charge in [-0.15, -0.1) is 0 Å². The summed E-state index contributed by atoms with van der Waals surface area (Å²) in [4.78, 5) is 15.1. The summed E-state index contributed by atoms with van der Waals surface area (Å²) in [6.07, 6.45) is 2.32. The molecule has 4 heteroatoms. The van der Waals surface area contributed by atoms with Crippen molar-refractivity contribution < 1.29 is 14.4 Å². The number of carbonyl (C=O) groups excluding carboxylic acids is 1. The molecule has 1 heterocycles. The van der Waals surface area contributed by atoms with Gasteiger partial charge in [0, 0.05) is 6.42 Å². The first kappa shape index (κ1) is 6.07. The van der Waals surface area contributed by atoms with Crippen molar-refractivity contribution in [2.45, 2.75) is 12.5 Å². The highest BCUT2D eigenvalue weighted by molar-refractivity contribution is 5.79. The highest BCUT2D eigenvalue weighted by Crippen LogP contribution is 2.05. The molecule has 1 radical (unpaired) electrons. The van der Waals surface area contributed by atoms with Gasteiger partial charge in [0.15, 0.2) is 0 Å². The fraction of sp³-hybridized carbons (Fsp3) is 0.600. The molecule has 0 saturated heterocycles. The molecule has 0 bridgehead atoms. The zero-order chi connectivity index (χ0) is 6.69. The van der Waals surface area contributed by atoms with Crippen molar-refractivity contribution >= 4 is 12.2 Å². The van der Waals surface area contributed by atoms with E-state index in [-0.39, 0.29) is 0 Å². The molecule has 0 amide bonds. The van der Waals surface area contributed by atoms with Crippen LogP contribution in [0.3, 0.4) is 0 Å². The summed E-state index contributed by atoms with van der Waals surface area (Å²) < 4.78 is 4.37. The largest absolute Gasteiger partial charge is 0.466 e. The molecule has 1 rings (SSSR count). The zero-order valence-electron chi connectivity index (χ0n) is 4.96. The third kappa shape index (κ3) is 1.19. The van der Waals surface area contributed by atoms with Crippen LogP contribution in [0.5, 0.6) is 0 Å². The van der Waals surface area contributed by atoms with E-state index >= 15 is 0 Å². The average Bonchev–Trinajstić information content (AvgIpc) is 2.37. The van der Waals surface area contributed by atoms with Gasteiger partial charge in [0.1, 0.15) is 6.21 Å². The first-order valence-corrected chi connectivity index (χ1v) is 2.51. The van der Waals surface area contributed by atoms with E-state index in [2.05, 4.69) is 20.9 Å².